The van der Waals surface area contributed by atoms with E-state index in [-0.39, 0.29) is 18.4 Å². The Balaban J connectivity index is 1.40. The first-order chi connectivity index (χ1) is 17.8. The minimum Gasteiger partial charge on any atom is -0.457 e. The lowest BCUT2D eigenvalue weighted by atomic mass is 10.0. The van der Waals surface area contributed by atoms with Gasteiger partial charge in [-0.25, -0.2) is 8.42 Å². The van der Waals surface area contributed by atoms with E-state index in [4.69, 9.17) is 4.74 Å². The first kappa shape index (κ1) is 26.0. The quantitative estimate of drug-likeness (QED) is 0.283. The van der Waals surface area contributed by atoms with Gasteiger partial charge in [-0.05, 0) is 65.6 Å². The van der Waals surface area contributed by atoms with Crippen LogP contribution in [0.2, 0.25) is 0 Å². The van der Waals surface area contributed by atoms with Crippen molar-refractivity contribution in [2.24, 2.45) is 0 Å². The van der Waals surface area contributed by atoms with Gasteiger partial charge in [-0.15, -0.1) is 0 Å². The fraction of sp³-hybridized carbons (Fsp3) is 0.167. The highest BCUT2D eigenvalue weighted by molar-refractivity contribution is 7.92. The third-order valence-corrected chi connectivity index (χ3v) is 7.12. The smallest absolute Gasteiger partial charge is 0.251 e. The molecule has 4 aromatic rings. The minimum atomic E-state index is -3.55. The number of carbonyl (C=O) groups is 1. The van der Waals surface area contributed by atoms with Gasteiger partial charge in [0.05, 0.1) is 18.5 Å². The number of amides is 1. The summed E-state index contributed by atoms with van der Waals surface area (Å²) in [6.45, 7) is 2.74. The maximum absolute atomic E-state index is 12.6. The van der Waals surface area contributed by atoms with Crippen LogP contribution in [0, 0.1) is 0 Å². The van der Waals surface area contributed by atoms with E-state index in [2.05, 4.69) is 12.2 Å². The summed E-state index contributed by atoms with van der Waals surface area (Å²) in [7, 11) is -3.55. The summed E-state index contributed by atoms with van der Waals surface area (Å²) in [6, 6.07) is 33.3. The summed E-state index contributed by atoms with van der Waals surface area (Å²) in [6.07, 6.45) is 1.18. The number of hydrogen-bond acceptors (Lipinski definition) is 4. The van der Waals surface area contributed by atoms with Crippen LogP contribution in [0.4, 0.5) is 5.69 Å². The van der Waals surface area contributed by atoms with Crippen molar-refractivity contribution in [3.05, 3.63) is 126 Å². The number of para-hydroxylation sites is 1. The van der Waals surface area contributed by atoms with Gasteiger partial charge in [0, 0.05) is 12.1 Å². The van der Waals surface area contributed by atoms with Crippen LogP contribution in [-0.4, -0.2) is 27.1 Å². The molecule has 0 saturated carbocycles. The Kier molecular flexibility index (Phi) is 8.25. The first-order valence-electron chi connectivity index (χ1n) is 12.0. The van der Waals surface area contributed by atoms with E-state index in [0.29, 0.717) is 29.3 Å². The normalized spacial score (nSPS) is 11.9. The Morgan fingerprint density at radius 3 is 1.97 bits per heavy atom. The molecule has 0 bridgehead atoms. The first-order valence-corrected chi connectivity index (χ1v) is 13.9. The van der Waals surface area contributed by atoms with Crippen LogP contribution in [0.5, 0.6) is 11.5 Å². The van der Waals surface area contributed by atoms with E-state index in [1.54, 1.807) is 48.5 Å². The average Bonchev–Trinajstić information content (AvgIpc) is 2.91. The molecule has 0 aromatic heterocycles. The number of hydrogen-bond donors (Lipinski definition) is 1. The van der Waals surface area contributed by atoms with Gasteiger partial charge in [0.25, 0.3) is 5.91 Å². The van der Waals surface area contributed by atoms with E-state index < -0.39 is 10.0 Å². The van der Waals surface area contributed by atoms with Crippen molar-refractivity contribution < 1.29 is 17.9 Å². The topological polar surface area (TPSA) is 75.7 Å². The zero-order valence-electron chi connectivity index (χ0n) is 20.9. The van der Waals surface area contributed by atoms with Crippen molar-refractivity contribution in [2.45, 2.75) is 19.4 Å². The maximum Gasteiger partial charge on any atom is 0.251 e. The van der Waals surface area contributed by atoms with Gasteiger partial charge in [0.1, 0.15) is 11.5 Å². The molecule has 0 fully saturated rings. The van der Waals surface area contributed by atoms with E-state index in [1.165, 1.54) is 16.1 Å². The van der Waals surface area contributed by atoms with E-state index in [9.17, 15) is 13.2 Å². The third-order valence-electron chi connectivity index (χ3n) is 5.98. The third kappa shape index (κ3) is 7.21. The van der Waals surface area contributed by atoms with E-state index >= 15 is 0 Å². The SMILES string of the molecule is C[C@H](CNC(=O)c1ccc(CN(c2ccc(Oc3ccccc3)cc2)S(C)(=O)=O)cc1)c1ccccc1. The molecule has 1 N–H and O–H groups in total. The van der Waals surface area contributed by atoms with Crippen molar-refractivity contribution in [1.29, 1.82) is 0 Å². The molecule has 190 valence electrons. The van der Waals surface area contributed by atoms with Crippen LogP contribution in [0.1, 0.15) is 34.3 Å². The van der Waals surface area contributed by atoms with Crippen LogP contribution >= 0.6 is 0 Å². The van der Waals surface area contributed by atoms with Crippen molar-refractivity contribution >= 4 is 21.6 Å². The maximum atomic E-state index is 12.6. The lowest BCUT2D eigenvalue weighted by Crippen LogP contribution is -2.29. The second-order valence-electron chi connectivity index (χ2n) is 8.90. The second-order valence-corrected chi connectivity index (χ2v) is 10.8. The molecule has 7 heteroatoms. The molecule has 0 saturated heterocycles. The molecule has 0 heterocycles. The monoisotopic (exact) mass is 514 g/mol. The average molecular weight is 515 g/mol. The zero-order chi connectivity index (χ0) is 26.3. The van der Waals surface area contributed by atoms with Crippen LogP contribution in [0.25, 0.3) is 0 Å². The molecule has 37 heavy (non-hydrogen) atoms. The molecule has 0 aliphatic carbocycles. The van der Waals surface area contributed by atoms with Gasteiger partial charge >= 0.3 is 0 Å². The number of anilines is 1. The standard InChI is InChI=1S/C30H30N2O4S/c1-23(25-9-5-3-6-10-25)21-31-30(33)26-15-13-24(14-16-26)22-32(37(2,34)35)27-17-19-29(20-18-27)36-28-11-7-4-8-12-28/h3-20,23H,21-22H2,1-2H3,(H,31,33)/t23-/m1/s1. The predicted molar refractivity (Wildman–Crippen MR) is 148 cm³/mol. The predicted octanol–water partition coefficient (Wildman–Crippen LogP) is 5.98. The van der Waals surface area contributed by atoms with Crippen molar-refractivity contribution in [2.75, 3.05) is 17.1 Å². The molecule has 0 aliphatic rings. The fourth-order valence-corrected chi connectivity index (χ4v) is 4.77. The number of sulfonamides is 1. The van der Waals surface area contributed by atoms with E-state index in [1.807, 2.05) is 60.7 Å². The molecule has 4 rings (SSSR count). The van der Waals surface area contributed by atoms with Gasteiger partial charge in [-0.1, -0.05) is 67.6 Å². The highest BCUT2D eigenvalue weighted by Gasteiger charge is 2.18. The minimum absolute atomic E-state index is 0.144. The number of benzene rings is 4. The molecule has 0 unspecified atom stereocenters. The summed E-state index contributed by atoms with van der Waals surface area (Å²) in [5, 5.41) is 2.97. The lowest BCUT2D eigenvalue weighted by Gasteiger charge is -2.23. The summed E-state index contributed by atoms with van der Waals surface area (Å²) in [5.74, 6) is 1.34. The molecule has 1 atom stereocenters. The Labute approximate surface area is 218 Å². The van der Waals surface area contributed by atoms with Crippen molar-refractivity contribution in [3.8, 4) is 11.5 Å². The van der Waals surface area contributed by atoms with Gasteiger partial charge in [0.2, 0.25) is 10.0 Å². The van der Waals surface area contributed by atoms with Gasteiger partial charge < -0.3 is 10.1 Å². The number of nitrogens with zero attached hydrogens (tertiary/aromatic N) is 1. The highest BCUT2D eigenvalue weighted by Crippen LogP contribution is 2.27. The van der Waals surface area contributed by atoms with E-state index in [0.717, 1.165) is 5.56 Å². The molecule has 0 aliphatic heterocycles. The number of carbonyl (C=O) groups excluding carboxylic acids is 1. The Bertz CT molecular complexity index is 1410. The molecule has 4 aromatic carbocycles. The van der Waals surface area contributed by atoms with Gasteiger partial charge in [0.15, 0.2) is 0 Å². The zero-order valence-corrected chi connectivity index (χ0v) is 21.7. The number of rotatable bonds is 10. The molecule has 1 amide bonds. The van der Waals surface area contributed by atoms with Crippen LogP contribution in [0.15, 0.2) is 109 Å². The van der Waals surface area contributed by atoms with Crippen LogP contribution in [0.3, 0.4) is 0 Å². The largest absolute Gasteiger partial charge is 0.457 e. The highest BCUT2D eigenvalue weighted by atomic mass is 32.2. The Morgan fingerprint density at radius 2 is 1.38 bits per heavy atom. The second kappa shape index (κ2) is 11.8. The van der Waals surface area contributed by atoms with Gasteiger partial charge in [-0.3, -0.25) is 9.10 Å². The molecule has 0 spiro atoms. The van der Waals surface area contributed by atoms with Crippen LogP contribution in [-0.2, 0) is 16.6 Å². The molecular weight excluding hydrogens is 484 g/mol. The molecular formula is C30H30N2O4S. The summed E-state index contributed by atoms with van der Waals surface area (Å²) >= 11 is 0. The summed E-state index contributed by atoms with van der Waals surface area (Å²) < 4.78 is 32.3. The van der Waals surface area contributed by atoms with Crippen molar-refractivity contribution in [3.63, 3.8) is 0 Å². The lowest BCUT2D eigenvalue weighted by molar-refractivity contribution is 0.0951. The number of nitrogens with one attached hydrogen (secondary N) is 1. The van der Waals surface area contributed by atoms with Crippen molar-refractivity contribution in [1.82, 2.24) is 5.32 Å². The van der Waals surface area contributed by atoms with Crippen LogP contribution < -0.4 is 14.4 Å². The van der Waals surface area contributed by atoms with Gasteiger partial charge in [-0.2, -0.15) is 0 Å². The Morgan fingerprint density at radius 1 is 0.811 bits per heavy atom. The summed E-state index contributed by atoms with van der Waals surface area (Å²) in [5.41, 5.74) is 2.99. The fourth-order valence-electron chi connectivity index (χ4n) is 3.88. The number of ether oxygens (including phenoxy) is 1. The Hall–Kier alpha value is -4.10. The summed E-state index contributed by atoms with van der Waals surface area (Å²) in [4.78, 5) is 12.6. The molecule has 0 radical (unpaired) electrons. The molecule has 6 nitrogen and oxygen atoms in total.